The molecular formula is C12H11BN5-. The van der Waals surface area contributed by atoms with Gasteiger partial charge in [-0.1, -0.05) is 18.2 Å². The van der Waals surface area contributed by atoms with Gasteiger partial charge < -0.3 is 4.90 Å². The van der Waals surface area contributed by atoms with E-state index >= 15 is 0 Å². The summed E-state index contributed by atoms with van der Waals surface area (Å²) in [5.74, 6) is 5.38. The fourth-order valence-corrected chi connectivity index (χ4v) is 0.899. The lowest BCUT2D eigenvalue weighted by Crippen LogP contribution is -2.26. The van der Waals surface area contributed by atoms with Crippen LogP contribution in [0.5, 0.6) is 0 Å². The predicted octanol–water partition coefficient (Wildman–Crippen LogP) is 1.44. The van der Waals surface area contributed by atoms with Crippen LogP contribution in [-0.2, 0) is 0 Å². The molecular weight excluding hydrogens is 225 g/mol. The first kappa shape index (κ1) is 15.0. The third-order valence-electron chi connectivity index (χ3n) is 2.05. The molecule has 0 heterocycles. The molecule has 1 aromatic carbocycles. The van der Waals surface area contributed by atoms with Crippen molar-refractivity contribution in [2.45, 2.75) is 0 Å². The summed E-state index contributed by atoms with van der Waals surface area (Å²) in [6.07, 6.45) is -2.72. The van der Waals surface area contributed by atoms with Gasteiger partial charge in [-0.3, -0.25) is 0 Å². The number of nitrogens with zero attached hydrogens (tertiary/aromatic N) is 5. The summed E-state index contributed by atoms with van der Waals surface area (Å²) in [7, 11) is 4.07. The molecule has 0 fully saturated rings. The zero-order valence-corrected chi connectivity index (χ0v) is 10.2. The standard InChI is InChI=1S/C8H11N.C4BN4/c1-9(2)8-6-4-3-5-7-8;6-1-5(2-7,3-8)4-9/h3-7H,1-2H3;/q;-1. The Balaban J connectivity index is 0.000000321. The SMILES string of the molecule is CN(C)c1ccccc1.N#C[B-](C#N)(C#N)C#N. The summed E-state index contributed by atoms with van der Waals surface area (Å²) >= 11 is 0. The number of hydrogen-bond acceptors (Lipinski definition) is 5. The van der Waals surface area contributed by atoms with Crippen LogP contribution in [0.25, 0.3) is 0 Å². The van der Waals surface area contributed by atoms with Crippen molar-refractivity contribution in [3.8, 4) is 23.9 Å². The van der Waals surface area contributed by atoms with Crippen LogP contribution in [0.15, 0.2) is 30.3 Å². The van der Waals surface area contributed by atoms with E-state index in [1.165, 1.54) is 29.6 Å². The summed E-state index contributed by atoms with van der Waals surface area (Å²) in [4.78, 5) is 2.08. The van der Waals surface area contributed by atoms with Gasteiger partial charge in [-0.2, -0.15) is 0 Å². The smallest absolute Gasteiger partial charge is 0.378 e. The van der Waals surface area contributed by atoms with E-state index in [-0.39, 0.29) is 0 Å². The number of hydrogen-bond donors (Lipinski definition) is 0. The minimum atomic E-state index is -2.72. The maximum Gasteiger partial charge on any atom is 0.383 e. The maximum atomic E-state index is 8.09. The Morgan fingerprint density at radius 3 is 1.39 bits per heavy atom. The summed E-state index contributed by atoms with van der Waals surface area (Å²) in [5, 5.41) is 32.3. The second-order valence-corrected chi connectivity index (χ2v) is 3.61. The molecule has 88 valence electrons. The molecule has 0 saturated carbocycles. The van der Waals surface area contributed by atoms with Crippen molar-refractivity contribution in [2.24, 2.45) is 0 Å². The second kappa shape index (κ2) is 7.34. The average molecular weight is 236 g/mol. The molecule has 6 heteroatoms. The third kappa shape index (κ3) is 4.27. The van der Waals surface area contributed by atoms with Gasteiger partial charge in [0.2, 0.25) is 0 Å². The molecule has 0 N–H and O–H groups in total. The van der Waals surface area contributed by atoms with Crippen LogP contribution in [0.2, 0.25) is 0 Å². The quantitative estimate of drug-likeness (QED) is 0.687. The molecule has 18 heavy (non-hydrogen) atoms. The van der Waals surface area contributed by atoms with Gasteiger partial charge in [-0.15, -0.1) is 23.9 Å². The van der Waals surface area contributed by atoms with Gasteiger partial charge in [0.05, 0.1) is 0 Å². The van der Waals surface area contributed by atoms with Gasteiger partial charge in [0, 0.05) is 19.8 Å². The zero-order chi connectivity index (χ0) is 14.0. The van der Waals surface area contributed by atoms with E-state index in [2.05, 4.69) is 17.0 Å². The fraction of sp³-hybridized carbons (Fsp3) is 0.167. The number of rotatable bonds is 1. The summed E-state index contributed by atoms with van der Waals surface area (Å²) in [5.41, 5.74) is 1.25. The van der Waals surface area contributed by atoms with Crippen LogP contribution in [0.3, 0.4) is 0 Å². The van der Waals surface area contributed by atoms with E-state index < -0.39 is 6.15 Å². The fourth-order valence-electron chi connectivity index (χ4n) is 0.899. The van der Waals surface area contributed by atoms with Crippen LogP contribution >= 0.6 is 0 Å². The Kier molecular flexibility index (Phi) is 6.13. The largest absolute Gasteiger partial charge is 0.383 e. The van der Waals surface area contributed by atoms with E-state index in [4.69, 9.17) is 21.0 Å². The number of para-hydroxylation sites is 1. The van der Waals surface area contributed by atoms with Crippen molar-refractivity contribution in [3.63, 3.8) is 0 Å². The molecule has 0 atom stereocenters. The molecule has 0 aliphatic carbocycles. The molecule has 0 radical (unpaired) electrons. The van der Waals surface area contributed by atoms with E-state index in [0.717, 1.165) is 0 Å². The Hall–Kier alpha value is -2.96. The highest BCUT2D eigenvalue weighted by molar-refractivity contribution is 7.05. The summed E-state index contributed by atoms with van der Waals surface area (Å²) < 4.78 is 0. The third-order valence-corrected chi connectivity index (χ3v) is 2.05. The second-order valence-electron chi connectivity index (χ2n) is 3.61. The molecule has 0 saturated heterocycles. The molecule has 0 unspecified atom stereocenters. The van der Waals surface area contributed by atoms with Gasteiger partial charge in [0.15, 0.2) is 0 Å². The van der Waals surface area contributed by atoms with E-state index in [1.807, 2.05) is 32.3 Å². The van der Waals surface area contributed by atoms with Crippen LogP contribution < -0.4 is 4.90 Å². The molecule has 1 rings (SSSR count). The Bertz CT molecular complexity index is 478. The molecule has 0 aromatic heterocycles. The number of benzene rings is 1. The van der Waals surface area contributed by atoms with E-state index in [1.54, 1.807) is 0 Å². The monoisotopic (exact) mass is 236 g/mol. The number of anilines is 1. The van der Waals surface area contributed by atoms with Crippen molar-refractivity contribution >= 4 is 11.8 Å². The predicted molar refractivity (Wildman–Crippen MR) is 69.0 cm³/mol. The lowest BCUT2D eigenvalue weighted by molar-refractivity contribution is 1.13. The zero-order valence-electron chi connectivity index (χ0n) is 10.2. The molecule has 5 nitrogen and oxygen atoms in total. The highest BCUT2D eigenvalue weighted by Gasteiger charge is 2.22. The van der Waals surface area contributed by atoms with E-state index in [0.29, 0.717) is 0 Å². The lowest BCUT2D eigenvalue weighted by Gasteiger charge is -2.10. The van der Waals surface area contributed by atoms with Gasteiger partial charge in [-0.25, -0.2) is 21.0 Å². The first-order valence-corrected chi connectivity index (χ1v) is 5.08. The van der Waals surface area contributed by atoms with Crippen molar-refractivity contribution in [2.75, 3.05) is 19.0 Å². The van der Waals surface area contributed by atoms with Gasteiger partial charge in [0.25, 0.3) is 0 Å². The highest BCUT2D eigenvalue weighted by Crippen LogP contribution is 2.07. The lowest BCUT2D eigenvalue weighted by atomic mass is 9.30. The van der Waals surface area contributed by atoms with Crippen LogP contribution in [-0.4, -0.2) is 20.2 Å². The van der Waals surface area contributed by atoms with E-state index in [9.17, 15) is 0 Å². The normalized spacial score (nSPS) is 8.33. The van der Waals surface area contributed by atoms with Gasteiger partial charge in [0.1, 0.15) is 0 Å². The summed E-state index contributed by atoms with van der Waals surface area (Å²) in [6.45, 7) is 0. The Labute approximate surface area is 107 Å². The van der Waals surface area contributed by atoms with Gasteiger partial charge >= 0.3 is 6.15 Å². The average Bonchev–Trinajstić information content (AvgIpc) is 2.44. The van der Waals surface area contributed by atoms with Crippen LogP contribution in [0.1, 0.15) is 0 Å². The van der Waals surface area contributed by atoms with Crippen molar-refractivity contribution in [1.82, 2.24) is 0 Å². The summed E-state index contributed by atoms with van der Waals surface area (Å²) in [6, 6.07) is 10.3. The minimum absolute atomic E-state index is 1.25. The van der Waals surface area contributed by atoms with Crippen LogP contribution in [0, 0.1) is 44.9 Å². The molecule has 0 spiro atoms. The first-order chi connectivity index (χ1) is 8.55. The topological polar surface area (TPSA) is 98.4 Å². The molecule has 1 aromatic rings. The highest BCUT2D eigenvalue weighted by atomic mass is 15.1. The number of nitriles is 4. The Morgan fingerprint density at radius 2 is 1.22 bits per heavy atom. The first-order valence-electron chi connectivity index (χ1n) is 5.08. The van der Waals surface area contributed by atoms with Crippen molar-refractivity contribution < 1.29 is 0 Å². The molecule has 0 aliphatic rings. The van der Waals surface area contributed by atoms with Crippen molar-refractivity contribution in [1.29, 1.82) is 21.0 Å². The molecule has 0 aliphatic heterocycles. The Morgan fingerprint density at radius 1 is 0.833 bits per heavy atom. The molecule has 0 amide bonds. The maximum absolute atomic E-state index is 8.09. The van der Waals surface area contributed by atoms with Crippen LogP contribution in [0.4, 0.5) is 5.69 Å². The van der Waals surface area contributed by atoms with Crippen molar-refractivity contribution in [3.05, 3.63) is 30.3 Å². The minimum Gasteiger partial charge on any atom is -0.378 e. The molecule has 0 bridgehead atoms. The van der Waals surface area contributed by atoms with Gasteiger partial charge in [-0.05, 0) is 12.1 Å².